The van der Waals surface area contributed by atoms with Gasteiger partial charge in [0.2, 0.25) is 5.88 Å². The summed E-state index contributed by atoms with van der Waals surface area (Å²) in [5.74, 6) is -0.489. The van der Waals surface area contributed by atoms with E-state index in [1.165, 1.54) is 25.4 Å². The van der Waals surface area contributed by atoms with E-state index in [4.69, 9.17) is 4.74 Å². The SMILES string of the molecule is CCOC(=O)CC(=O)c1ccnc(OC)c1. The highest BCUT2D eigenvalue weighted by Gasteiger charge is 2.13. The second-order valence-corrected chi connectivity index (χ2v) is 2.99. The average Bonchev–Trinajstić information content (AvgIpc) is 2.29. The van der Waals surface area contributed by atoms with Gasteiger partial charge in [-0.05, 0) is 13.0 Å². The highest BCUT2D eigenvalue weighted by Crippen LogP contribution is 2.10. The van der Waals surface area contributed by atoms with E-state index >= 15 is 0 Å². The Kier molecular flexibility index (Phi) is 4.44. The molecule has 0 fully saturated rings. The predicted molar refractivity (Wildman–Crippen MR) is 56.4 cm³/mol. The molecular formula is C11H13NO4. The maximum Gasteiger partial charge on any atom is 0.313 e. The van der Waals surface area contributed by atoms with Crippen LogP contribution in [0.1, 0.15) is 23.7 Å². The Morgan fingerprint density at radius 2 is 2.19 bits per heavy atom. The quantitative estimate of drug-likeness (QED) is 0.426. The molecule has 0 aromatic carbocycles. The first-order valence-corrected chi connectivity index (χ1v) is 4.86. The van der Waals surface area contributed by atoms with Crippen LogP contribution in [0.3, 0.4) is 0 Å². The fourth-order valence-corrected chi connectivity index (χ4v) is 1.14. The summed E-state index contributed by atoms with van der Waals surface area (Å²) in [4.78, 5) is 26.6. The summed E-state index contributed by atoms with van der Waals surface area (Å²) in [5.41, 5.74) is 0.389. The summed E-state index contributed by atoms with van der Waals surface area (Å²) in [6.45, 7) is 1.96. The van der Waals surface area contributed by atoms with Gasteiger partial charge in [-0.3, -0.25) is 9.59 Å². The number of pyridine rings is 1. The first kappa shape index (κ1) is 12.2. The van der Waals surface area contributed by atoms with Gasteiger partial charge in [-0.15, -0.1) is 0 Å². The normalized spacial score (nSPS) is 9.62. The average molecular weight is 223 g/mol. The molecule has 0 saturated carbocycles. The Morgan fingerprint density at radius 1 is 1.44 bits per heavy atom. The van der Waals surface area contributed by atoms with Crippen molar-refractivity contribution in [3.8, 4) is 5.88 Å². The molecule has 0 aliphatic rings. The lowest BCUT2D eigenvalue weighted by Gasteiger charge is -2.03. The van der Waals surface area contributed by atoms with E-state index in [9.17, 15) is 9.59 Å². The molecular weight excluding hydrogens is 210 g/mol. The lowest BCUT2D eigenvalue weighted by Crippen LogP contribution is -2.11. The molecule has 5 heteroatoms. The zero-order valence-electron chi connectivity index (χ0n) is 9.23. The number of hydrogen-bond acceptors (Lipinski definition) is 5. The van der Waals surface area contributed by atoms with Crippen molar-refractivity contribution in [2.45, 2.75) is 13.3 Å². The van der Waals surface area contributed by atoms with E-state index in [0.717, 1.165) is 0 Å². The van der Waals surface area contributed by atoms with Gasteiger partial charge in [0.25, 0.3) is 0 Å². The summed E-state index contributed by atoms with van der Waals surface area (Å²) in [7, 11) is 1.46. The number of ether oxygens (including phenoxy) is 2. The highest BCUT2D eigenvalue weighted by atomic mass is 16.5. The Hall–Kier alpha value is -1.91. The Labute approximate surface area is 93.4 Å². The Morgan fingerprint density at radius 3 is 2.81 bits per heavy atom. The number of rotatable bonds is 5. The molecule has 5 nitrogen and oxygen atoms in total. The molecule has 1 aromatic heterocycles. The monoisotopic (exact) mass is 223 g/mol. The maximum atomic E-state index is 11.6. The first-order valence-electron chi connectivity index (χ1n) is 4.86. The topological polar surface area (TPSA) is 65.5 Å². The maximum absolute atomic E-state index is 11.6. The molecule has 0 saturated heterocycles. The van der Waals surface area contributed by atoms with E-state index < -0.39 is 5.97 Å². The molecule has 16 heavy (non-hydrogen) atoms. The third-order valence-electron chi connectivity index (χ3n) is 1.88. The summed E-state index contributed by atoms with van der Waals surface area (Å²) >= 11 is 0. The number of esters is 1. The number of carbonyl (C=O) groups is 2. The Balaban J connectivity index is 2.69. The fraction of sp³-hybridized carbons (Fsp3) is 0.364. The first-order chi connectivity index (χ1) is 7.67. The van der Waals surface area contributed by atoms with Crippen molar-refractivity contribution in [3.63, 3.8) is 0 Å². The molecule has 86 valence electrons. The van der Waals surface area contributed by atoms with Crippen LogP contribution in [0.4, 0.5) is 0 Å². The van der Waals surface area contributed by atoms with Crippen LogP contribution in [0.5, 0.6) is 5.88 Å². The standard InChI is InChI=1S/C11H13NO4/c1-3-16-11(14)7-9(13)8-4-5-12-10(6-8)15-2/h4-6H,3,7H2,1-2H3. The third kappa shape index (κ3) is 3.34. The lowest BCUT2D eigenvalue weighted by atomic mass is 10.1. The van der Waals surface area contributed by atoms with Crippen molar-refractivity contribution in [3.05, 3.63) is 23.9 Å². The molecule has 0 radical (unpaired) electrons. The van der Waals surface area contributed by atoms with Gasteiger partial charge in [0, 0.05) is 17.8 Å². The van der Waals surface area contributed by atoms with E-state index in [2.05, 4.69) is 9.72 Å². The fourth-order valence-electron chi connectivity index (χ4n) is 1.14. The van der Waals surface area contributed by atoms with Crippen molar-refractivity contribution >= 4 is 11.8 Å². The van der Waals surface area contributed by atoms with Crippen LogP contribution in [0.2, 0.25) is 0 Å². The summed E-state index contributed by atoms with van der Waals surface area (Å²) in [5, 5.41) is 0. The van der Waals surface area contributed by atoms with Gasteiger partial charge < -0.3 is 9.47 Å². The second kappa shape index (κ2) is 5.85. The van der Waals surface area contributed by atoms with Crippen LogP contribution >= 0.6 is 0 Å². The molecule has 1 heterocycles. The van der Waals surface area contributed by atoms with Gasteiger partial charge in [0.15, 0.2) is 5.78 Å². The van der Waals surface area contributed by atoms with Crippen LogP contribution in [-0.2, 0) is 9.53 Å². The van der Waals surface area contributed by atoms with E-state index in [1.807, 2.05) is 0 Å². The minimum atomic E-state index is -0.525. The van der Waals surface area contributed by atoms with Gasteiger partial charge >= 0.3 is 5.97 Å². The predicted octanol–water partition coefficient (Wildman–Crippen LogP) is 1.23. The minimum absolute atomic E-state index is 0.263. The summed E-state index contributed by atoms with van der Waals surface area (Å²) in [6.07, 6.45) is 1.19. The van der Waals surface area contributed by atoms with Crippen molar-refractivity contribution < 1.29 is 19.1 Å². The molecule has 0 aliphatic carbocycles. The number of nitrogens with zero attached hydrogens (tertiary/aromatic N) is 1. The van der Waals surface area contributed by atoms with Crippen LogP contribution in [-0.4, -0.2) is 30.5 Å². The van der Waals surface area contributed by atoms with E-state index in [-0.39, 0.29) is 18.8 Å². The molecule has 0 amide bonds. The molecule has 0 bridgehead atoms. The van der Waals surface area contributed by atoms with Crippen LogP contribution < -0.4 is 4.74 Å². The van der Waals surface area contributed by atoms with Gasteiger partial charge in [-0.1, -0.05) is 0 Å². The minimum Gasteiger partial charge on any atom is -0.481 e. The molecule has 0 N–H and O–H groups in total. The van der Waals surface area contributed by atoms with Gasteiger partial charge in [0.05, 0.1) is 13.7 Å². The van der Waals surface area contributed by atoms with Crippen molar-refractivity contribution in [1.82, 2.24) is 4.98 Å². The molecule has 0 atom stereocenters. The number of Topliss-reactive ketones (excluding diaryl/α,β-unsaturated/α-hetero) is 1. The highest BCUT2D eigenvalue weighted by molar-refractivity contribution is 6.06. The van der Waals surface area contributed by atoms with Crippen molar-refractivity contribution in [2.24, 2.45) is 0 Å². The van der Waals surface area contributed by atoms with Crippen LogP contribution in [0.15, 0.2) is 18.3 Å². The van der Waals surface area contributed by atoms with Gasteiger partial charge in [0.1, 0.15) is 6.42 Å². The molecule has 1 rings (SSSR count). The van der Waals surface area contributed by atoms with Gasteiger partial charge in [-0.25, -0.2) is 4.98 Å². The summed E-state index contributed by atoms with van der Waals surface area (Å²) < 4.78 is 9.56. The molecule has 0 unspecified atom stereocenters. The third-order valence-corrected chi connectivity index (χ3v) is 1.88. The van der Waals surface area contributed by atoms with E-state index in [0.29, 0.717) is 11.4 Å². The number of hydrogen-bond donors (Lipinski definition) is 0. The number of methoxy groups -OCH3 is 1. The van der Waals surface area contributed by atoms with Crippen LogP contribution in [0.25, 0.3) is 0 Å². The lowest BCUT2D eigenvalue weighted by molar-refractivity contribution is -0.141. The second-order valence-electron chi connectivity index (χ2n) is 2.99. The zero-order chi connectivity index (χ0) is 12.0. The number of ketones is 1. The van der Waals surface area contributed by atoms with Crippen molar-refractivity contribution in [1.29, 1.82) is 0 Å². The van der Waals surface area contributed by atoms with E-state index in [1.54, 1.807) is 6.92 Å². The van der Waals surface area contributed by atoms with Crippen LogP contribution in [0, 0.1) is 0 Å². The molecule has 0 spiro atoms. The Bertz CT molecular complexity index is 389. The molecule has 0 aliphatic heterocycles. The number of carbonyl (C=O) groups excluding carboxylic acids is 2. The smallest absolute Gasteiger partial charge is 0.313 e. The zero-order valence-corrected chi connectivity index (χ0v) is 9.23. The largest absolute Gasteiger partial charge is 0.481 e. The summed E-state index contributed by atoms with van der Waals surface area (Å²) in [6, 6.07) is 3.02. The number of aromatic nitrogens is 1. The molecule has 1 aromatic rings. The van der Waals surface area contributed by atoms with Gasteiger partial charge in [-0.2, -0.15) is 0 Å². The van der Waals surface area contributed by atoms with Crippen molar-refractivity contribution in [2.75, 3.05) is 13.7 Å².